The second kappa shape index (κ2) is 9.93. The zero-order valence-electron chi connectivity index (χ0n) is 16.7. The van der Waals surface area contributed by atoms with Crippen molar-refractivity contribution in [1.29, 1.82) is 0 Å². The maximum Gasteiger partial charge on any atom is 0.255 e. The van der Waals surface area contributed by atoms with Crippen LogP contribution in [-0.4, -0.2) is 26.0 Å². The van der Waals surface area contributed by atoms with Crippen LogP contribution in [0.3, 0.4) is 0 Å². The fraction of sp³-hybridized carbons (Fsp3) is 0.0833. The topological polar surface area (TPSA) is 76.7 Å². The first kappa shape index (κ1) is 20.7. The normalized spacial score (nSPS) is 10.5. The van der Waals surface area contributed by atoms with Gasteiger partial charge in [-0.05, 0) is 60.2 Å². The first-order valence-electron chi connectivity index (χ1n) is 9.26. The molecule has 3 rings (SSSR count). The molecule has 152 valence electrons. The first-order chi connectivity index (χ1) is 14.6. The van der Waals surface area contributed by atoms with Gasteiger partial charge in [0.05, 0.1) is 19.9 Å². The van der Waals surface area contributed by atoms with Crippen molar-refractivity contribution in [1.82, 2.24) is 0 Å². The van der Waals surface area contributed by atoms with Crippen LogP contribution in [0.5, 0.6) is 11.5 Å². The summed E-state index contributed by atoms with van der Waals surface area (Å²) < 4.78 is 10.3. The highest BCUT2D eigenvalue weighted by Crippen LogP contribution is 2.24. The fourth-order valence-corrected chi connectivity index (χ4v) is 2.72. The predicted molar refractivity (Wildman–Crippen MR) is 118 cm³/mol. The summed E-state index contributed by atoms with van der Waals surface area (Å²) in [5.41, 5.74) is 2.53. The van der Waals surface area contributed by atoms with Crippen LogP contribution in [0.15, 0.2) is 78.9 Å². The van der Waals surface area contributed by atoms with Crippen LogP contribution in [0.2, 0.25) is 0 Å². The van der Waals surface area contributed by atoms with Gasteiger partial charge in [0.25, 0.3) is 5.91 Å². The molecule has 0 radical (unpaired) electrons. The maximum atomic E-state index is 12.4. The summed E-state index contributed by atoms with van der Waals surface area (Å²) in [7, 11) is 3.15. The number of anilines is 2. The third-order valence-electron chi connectivity index (χ3n) is 4.31. The lowest BCUT2D eigenvalue weighted by molar-refractivity contribution is -0.111. The molecule has 0 heterocycles. The second-order valence-electron chi connectivity index (χ2n) is 6.33. The predicted octanol–water partition coefficient (Wildman–Crippen LogP) is 4.61. The first-order valence-corrected chi connectivity index (χ1v) is 9.26. The number of para-hydroxylation sites is 2. The molecule has 30 heavy (non-hydrogen) atoms. The van der Waals surface area contributed by atoms with E-state index in [1.807, 2.05) is 36.4 Å². The molecule has 0 unspecified atom stereocenters. The molecule has 0 aliphatic carbocycles. The van der Waals surface area contributed by atoms with Gasteiger partial charge in [0, 0.05) is 17.3 Å². The standard InChI is InChI=1S/C24H22N2O4/c1-29-20-14-7-17(8-15-20)9-16-23(27)25-19-12-10-18(11-13-19)24(28)26-21-5-3-4-6-22(21)30-2/h3-16H,1-2H3,(H,25,27)(H,26,28)/b16-9+. The number of benzene rings is 3. The molecule has 3 aromatic rings. The molecule has 0 fully saturated rings. The molecule has 0 spiro atoms. The summed E-state index contributed by atoms with van der Waals surface area (Å²) in [5.74, 6) is 0.804. The van der Waals surface area contributed by atoms with Crippen molar-refractivity contribution in [3.63, 3.8) is 0 Å². The zero-order valence-corrected chi connectivity index (χ0v) is 16.7. The number of nitrogens with one attached hydrogen (secondary N) is 2. The van der Waals surface area contributed by atoms with E-state index in [4.69, 9.17) is 9.47 Å². The van der Waals surface area contributed by atoms with Crippen molar-refractivity contribution >= 4 is 29.3 Å². The summed E-state index contributed by atoms with van der Waals surface area (Å²) in [6.45, 7) is 0. The van der Waals surface area contributed by atoms with Crippen LogP contribution in [0.25, 0.3) is 6.08 Å². The van der Waals surface area contributed by atoms with Crippen molar-refractivity contribution in [3.05, 3.63) is 90.0 Å². The number of carbonyl (C=O) groups excluding carboxylic acids is 2. The van der Waals surface area contributed by atoms with Crippen LogP contribution in [-0.2, 0) is 4.79 Å². The highest BCUT2D eigenvalue weighted by atomic mass is 16.5. The van der Waals surface area contributed by atoms with Gasteiger partial charge in [-0.15, -0.1) is 0 Å². The van der Waals surface area contributed by atoms with E-state index in [1.54, 1.807) is 56.7 Å². The molecular weight excluding hydrogens is 380 g/mol. The molecular formula is C24H22N2O4. The summed E-state index contributed by atoms with van der Waals surface area (Å²) >= 11 is 0. The minimum absolute atomic E-state index is 0.267. The third kappa shape index (κ3) is 5.48. The van der Waals surface area contributed by atoms with Gasteiger partial charge in [-0.3, -0.25) is 9.59 Å². The summed E-state index contributed by atoms with van der Waals surface area (Å²) in [6.07, 6.45) is 3.16. The average molecular weight is 402 g/mol. The molecule has 0 bridgehead atoms. The summed E-state index contributed by atoms with van der Waals surface area (Å²) in [6, 6.07) is 21.2. The van der Waals surface area contributed by atoms with E-state index >= 15 is 0 Å². The smallest absolute Gasteiger partial charge is 0.255 e. The number of methoxy groups -OCH3 is 2. The largest absolute Gasteiger partial charge is 0.497 e. The number of ether oxygens (including phenoxy) is 2. The highest BCUT2D eigenvalue weighted by Gasteiger charge is 2.09. The van der Waals surface area contributed by atoms with E-state index in [9.17, 15) is 9.59 Å². The van der Waals surface area contributed by atoms with Crippen LogP contribution in [0.4, 0.5) is 11.4 Å². The molecule has 2 amide bonds. The Morgan fingerprint density at radius 3 is 2.17 bits per heavy atom. The van der Waals surface area contributed by atoms with E-state index in [2.05, 4.69) is 10.6 Å². The van der Waals surface area contributed by atoms with Crippen molar-refractivity contribution in [2.45, 2.75) is 0 Å². The monoisotopic (exact) mass is 402 g/mol. The molecule has 0 atom stereocenters. The minimum atomic E-state index is -0.267. The Kier molecular flexibility index (Phi) is 6.84. The molecule has 6 nitrogen and oxygen atoms in total. The van der Waals surface area contributed by atoms with E-state index in [-0.39, 0.29) is 11.8 Å². The Labute approximate surface area is 175 Å². The van der Waals surface area contributed by atoms with E-state index in [0.29, 0.717) is 22.7 Å². The fourth-order valence-electron chi connectivity index (χ4n) is 2.72. The Morgan fingerprint density at radius 1 is 0.800 bits per heavy atom. The number of hydrogen-bond donors (Lipinski definition) is 2. The van der Waals surface area contributed by atoms with E-state index < -0.39 is 0 Å². The van der Waals surface area contributed by atoms with Crippen molar-refractivity contribution < 1.29 is 19.1 Å². The van der Waals surface area contributed by atoms with Gasteiger partial charge in [0.15, 0.2) is 0 Å². The van der Waals surface area contributed by atoms with Gasteiger partial charge < -0.3 is 20.1 Å². The molecule has 3 aromatic carbocycles. The Morgan fingerprint density at radius 2 is 1.50 bits per heavy atom. The van der Waals surface area contributed by atoms with Gasteiger partial charge in [-0.1, -0.05) is 24.3 Å². The van der Waals surface area contributed by atoms with Gasteiger partial charge in [-0.2, -0.15) is 0 Å². The molecule has 2 N–H and O–H groups in total. The van der Waals surface area contributed by atoms with E-state index in [0.717, 1.165) is 11.3 Å². The lowest BCUT2D eigenvalue weighted by Gasteiger charge is -2.10. The quantitative estimate of drug-likeness (QED) is 0.566. The zero-order chi connectivity index (χ0) is 21.3. The SMILES string of the molecule is COc1ccc(/C=C/C(=O)Nc2ccc(C(=O)Nc3ccccc3OC)cc2)cc1. The lowest BCUT2D eigenvalue weighted by atomic mass is 10.1. The minimum Gasteiger partial charge on any atom is -0.497 e. The van der Waals surface area contributed by atoms with Crippen LogP contribution in [0, 0.1) is 0 Å². The van der Waals surface area contributed by atoms with Crippen LogP contribution in [0.1, 0.15) is 15.9 Å². The van der Waals surface area contributed by atoms with Crippen molar-refractivity contribution in [3.8, 4) is 11.5 Å². The second-order valence-corrected chi connectivity index (χ2v) is 6.33. The molecule has 6 heteroatoms. The number of rotatable bonds is 7. The molecule has 0 saturated heterocycles. The van der Waals surface area contributed by atoms with Crippen LogP contribution >= 0.6 is 0 Å². The van der Waals surface area contributed by atoms with Gasteiger partial charge in [0.1, 0.15) is 11.5 Å². The Hall–Kier alpha value is -4.06. The third-order valence-corrected chi connectivity index (χ3v) is 4.31. The molecule has 0 aliphatic rings. The molecule has 0 aliphatic heterocycles. The summed E-state index contributed by atoms with van der Waals surface area (Å²) in [5, 5.41) is 5.58. The number of amides is 2. The van der Waals surface area contributed by atoms with Crippen molar-refractivity contribution in [2.24, 2.45) is 0 Å². The Bertz CT molecular complexity index is 1040. The van der Waals surface area contributed by atoms with Gasteiger partial charge in [0.2, 0.25) is 5.91 Å². The number of hydrogen-bond acceptors (Lipinski definition) is 4. The van der Waals surface area contributed by atoms with Crippen LogP contribution < -0.4 is 20.1 Å². The lowest BCUT2D eigenvalue weighted by Crippen LogP contribution is -2.13. The number of carbonyl (C=O) groups is 2. The molecule has 0 saturated carbocycles. The Balaban J connectivity index is 1.58. The molecule has 0 aromatic heterocycles. The van der Waals surface area contributed by atoms with Gasteiger partial charge >= 0.3 is 0 Å². The summed E-state index contributed by atoms with van der Waals surface area (Å²) in [4.78, 5) is 24.6. The van der Waals surface area contributed by atoms with Crippen molar-refractivity contribution in [2.75, 3.05) is 24.9 Å². The average Bonchev–Trinajstić information content (AvgIpc) is 2.79. The maximum absolute atomic E-state index is 12.4. The van der Waals surface area contributed by atoms with E-state index in [1.165, 1.54) is 6.08 Å². The van der Waals surface area contributed by atoms with Gasteiger partial charge in [-0.25, -0.2) is 0 Å². The highest BCUT2D eigenvalue weighted by molar-refractivity contribution is 6.06.